The van der Waals surface area contributed by atoms with Crippen molar-refractivity contribution in [3.63, 3.8) is 0 Å². The van der Waals surface area contributed by atoms with E-state index in [0.717, 1.165) is 37.6 Å². The lowest BCUT2D eigenvalue weighted by atomic mass is 9.92. The van der Waals surface area contributed by atoms with E-state index < -0.39 is 0 Å². The molecular weight excluding hydrogens is 202 g/mol. The Bertz CT molecular complexity index is 334. The highest BCUT2D eigenvalue weighted by Gasteiger charge is 2.22. The van der Waals surface area contributed by atoms with Crippen LogP contribution in [-0.2, 0) is 6.42 Å². The average molecular weight is 223 g/mol. The van der Waals surface area contributed by atoms with E-state index in [4.69, 9.17) is 4.52 Å². The van der Waals surface area contributed by atoms with Crippen LogP contribution >= 0.6 is 0 Å². The molecule has 1 aliphatic rings. The largest absolute Gasteiger partial charge is 0.339 e. The van der Waals surface area contributed by atoms with Gasteiger partial charge < -0.3 is 9.84 Å². The zero-order chi connectivity index (χ0) is 11.6. The van der Waals surface area contributed by atoms with Crippen LogP contribution in [0.3, 0.4) is 0 Å². The number of nitrogens with one attached hydrogen (secondary N) is 1. The summed E-state index contributed by atoms with van der Waals surface area (Å²) in [6.07, 6.45) is 3.22. The third-order valence-electron chi connectivity index (χ3n) is 2.82. The lowest BCUT2D eigenvalue weighted by molar-refractivity contribution is 0.315. The van der Waals surface area contributed by atoms with Crippen LogP contribution in [0.15, 0.2) is 4.52 Å². The van der Waals surface area contributed by atoms with Gasteiger partial charge in [0.05, 0.1) is 5.92 Å². The fourth-order valence-electron chi connectivity index (χ4n) is 2.04. The standard InChI is InChI=1S/C12H21N3O/c1-12(2,3)7-10-14-11(16-15-10)9-5-4-6-13-8-9/h9,13H,4-8H2,1-3H3/t9-/m1/s1. The van der Waals surface area contributed by atoms with Crippen molar-refractivity contribution in [3.8, 4) is 0 Å². The Labute approximate surface area is 96.8 Å². The molecule has 1 aromatic rings. The highest BCUT2D eigenvalue weighted by atomic mass is 16.5. The van der Waals surface area contributed by atoms with Crippen LogP contribution in [0.4, 0.5) is 0 Å². The Hall–Kier alpha value is -0.900. The first kappa shape index (κ1) is 11.6. The molecule has 0 bridgehead atoms. The molecule has 16 heavy (non-hydrogen) atoms. The third kappa shape index (κ3) is 3.04. The lowest BCUT2D eigenvalue weighted by Crippen LogP contribution is -2.28. The fraction of sp³-hybridized carbons (Fsp3) is 0.833. The van der Waals surface area contributed by atoms with Gasteiger partial charge in [-0.05, 0) is 24.8 Å². The molecule has 4 heteroatoms. The number of piperidine rings is 1. The quantitative estimate of drug-likeness (QED) is 0.834. The van der Waals surface area contributed by atoms with Gasteiger partial charge in [-0.3, -0.25) is 0 Å². The molecule has 1 aliphatic heterocycles. The van der Waals surface area contributed by atoms with E-state index >= 15 is 0 Å². The second-order valence-electron chi connectivity index (χ2n) is 5.83. The zero-order valence-corrected chi connectivity index (χ0v) is 10.4. The SMILES string of the molecule is CC(C)(C)Cc1noc([C@@H]2CCCNC2)n1. The van der Waals surface area contributed by atoms with Gasteiger partial charge >= 0.3 is 0 Å². The predicted octanol–water partition coefficient (Wildman–Crippen LogP) is 2.13. The van der Waals surface area contributed by atoms with Gasteiger partial charge in [0, 0.05) is 13.0 Å². The molecule has 0 aliphatic carbocycles. The first-order valence-electron chi connectivity index (χ1n) is 6.08. The number of hydrogen-bond donors (Lipinski definition) is 1. The summed E-state index contributed by atoms with van der Waals surface area (Å²) in [5.41, 5.74) is 0.214. The smallest absolute Gasteiger partial charge is 0.231 e. The maximum absolute atomic E-state index is 5.35. The van der Waals surface area contributed by atoms with Crippen molar-refractivity contribution in [1.29, 1.82) is 0 Å². The average Bonchev–Trinajstić information content (AvgIpc) is 2.65. The maximum atomic E-state index is 5.35. The molecule has 0 aromatic carbocycles. The van der Waals surface area contributed by atoms with Crippen molar-refractivity contribution in [2.24, 2.45) is 5.41 Å². The second kappa shape index (κ2) is 4.53. The molecule has 1 atom stereocenters. The topological polar surface area (TPSA) is 51.0 Å². The maximum Gasteiger partial charge on any atom is 0.231 e. The summed E-state index contributed by atoms with van der Waals surface area (Å²) in [7, 11) is 0. The van der Waals surface area contributed by atoms with Gasteiger partial charge in [0.2, 0.25) is 5.89 Å². The Morgan fingerprint density at radius 1 is 1.44 bits per heavy atom. The molecule has 1 fully saturated rings. The molecular formula is C12H21N3O. The summed E-state index contributed by atoms with van der Waals surface area (Å²) in [6, 6.07) is 0. The second-order valence-corrected chi connectivity index (χ2v) is 5.83. The van der Waals surface area contributed by atoms with E-state index in [2.05, 4.69) is 36.2 Å². The van der Waals surface area contributed by atoms with Gasteiger partial charge in [-0.2, -0.15) is 4.98 Å². The van der Waals surface area contributed by atoms with Crippen LogP contribution in [0, 0.1) is 5.41 Å². The number of nitrogens with zero attached hydrogens (tertiary/aromatic N) is 2. The highest BCUT2D eigenvalue weighted by molar-refractivity contribution is 4.98. The Balaban J connectivity index is 2.01. The summed E-state index contributed by atoms with van der Waals surface area (Å²) >= 11 is 0. The van der Waals surface area contributed by atoms with Crippen LogP contribution in [-0.4, -0.2) is 23.2 Å². The normalized spacial score (nSPS) is 22.3. The molecule has 2 heterocycles. The van der Waals surface area contributed by atoms with Gasteiger partial charge in [0.25, 0.3) is 0 Å². The highest BCUT2D eigenvalue weighted by Crippen LogP contribution is 2.23. The molecule has 2 rings (SSSR count). The molecule has 1 N–H and O–H groups in total. The van der Waals surface area contributed by atoms with Gasteiger partial charge in [-0.15, -0.1) is 0 Å². The van der Waals surface area contributed by atoms with Crippen molar-refractivity contribution in [1.82, 2.24) is 15.5 Å². The van der Waals surface area contributed by atoms with Gasteiger partial charge in [0.15, 0.2) is 5.82 Å². The molecule has 1 saturated heterocycles. The number of rotatable bonds is 2. The fourth-order valence-corrected chi connectivity index (χ4v) is 2.04. The van der Waals surface area contributed by atoms with Crippen molar-refractivity contribution in [2.45, 2.75) is 46.0 Å². The number of aromatic nitrogens is 2. The van der Waals surface area contributed by atoms with E-state index in [-0.39, 0.29) is 5.41 Å². The lowest BCUT2D eigenvalue weighted by Gasteiger charge is -2.18. The van der Waals surface area contributed by atoms with Crippen molar-refractivity contribution < 1.29 is 4.52 Å². The van der Waals surface area contributed by atoms with Crippen LogP contribution < -0.4 is 5.32 Å². The molecule has 0 unspecified atom stereocenters. The minimum atomic E-state index is 0.214. The summed E-state index contributed by atoms with van der Waals surface area (Å²) in [4.78, 5) is 4.50. The molecule has 4 nitrogen and oxygen atoms in total. The van der Waals surface area contributed by atoms with E-state index in [1.165, 1.54) is 6.42 Å². The van der Waals surface area contributed by atoms with E-state index in [1.54, 1.807) is 0 Å². The minimum Gasteiger partial charge on any atom is -0.339 e. The Morgan fingerprint density at radius 3 is 2.88 bits per heavy atom. The first-order chi connectivity index (χ1) is 7.54. The van der Waals surface area contributed by atoms with Crippen LogP contribution in [0.2, 0.25) is 0 Å². The molecule has 1 aromatic heterocycles. The first-order valence-corrected chi connectivity index (χ1v) is 6.08. The van der Waals surface area contributed by atoms with Gasteiger partial charge in [0.1, 0.15) is 0 Å². The van der Waals surface area contributed by atoms with Crippen LogP contribution in [0.25, 0.3) is 0 Å². The predicted molar refractivity (Wildman–Crippen MR) is 62.3 cm³/mol. The summed E-state index contributed by atoms with van der Waals surface area (Å²) in [5.74, 6) is 2.06. The Kier molecular flexibility index (Phi) is 3.28. The summed E-state index contributed by atoms with van der Waals surface area (Å²) in [5, 5.41) is 7.43. The van der Waals surface area contributed by atoms with Crippen molar-refractivity contribution >= 4 is 0 Å². The molecule has 0 saturated carbocycles. The number of hydrogen-bond acceptors (Lipinski definition) is 4. The van der Waals surface area contributed by atoms with E-state index in [1.807, 2.05) is 0 Å². The summed E-state index contributed by atoms with van der Waals surface area (Å²) < 4.78 is 5.35. The van der Waals surface area contributed by atoms with Crippen LogP contribution in [0.5, 0.6) is 0 Å². The van der Waals surface area contributed by atoms with Gasteiger partial charge in [-0.1, -0.05) is 25.9 Å². The van der Waals surface area contributed by atoms with Crippen molar-refractivity contribution in [2.75, 3.05) is 13.1 Å². The Morgan fingerprint density at radius 2 is 2.25 bits per heavy atom. The van der Waals surface area contributed by atoms with Gasteiger partial charge in [-0.25, -0.2) is 0 Å². The monoisotopic (exact) mass is 223 g/mol. The zero-order valence-electron chi connectivity index (χ0n) is 10.4. The minimum absolute atomic E-state index is 0.214. The molecule has 90 valence electrons. The van der Waals surface area contributed by atoms with Crippen molar-refractivity contribution in [3.05, 3.63) is 11.7 Å². The van der Waals surface area contributed by atoms with E-state index in [9.17, 15) is 0 Å². The molecule has 0 radical (unpaired) electrons. The van der Waals surface area contributed by atoms with Crippen LogP contribution in [0.1, 0.15) is 51.2 Å². The summed E-state index contributed by atoms with van der Waals surface area (Å²) in [6.45, 7) is 8.64. The molecule has 0 spiro atoms. The van der Waals surface area contributed by atoms with E-state index in [0.29, 0.717) is 5.92 Å². The third-order valence-corrected chi connectivity index (χ3v) is 2.82. The molecule has 0 amide bonds.